The second-order valence-corrected chi connectivity index (χ2v) is 19.8. The highest BCUT2D eigenvalue weighted by Crippen LogP contribution is 2.34. The molecule has 1 saturated heterocycles. The van der Waals surface area contributed by atoms with Crippen LogP contribution in [-0.4, -0.2) is 112 Å². The lowest BCUT2D eigenvalue weighted by Crippen LogP contribution is -2.36. The number of hydrogen-bond donors (Lipinski definition) is 5. The molecule has 0 radical (unpaired) electrons. The highest BCUT2D eigenvalue weighted by atomic mass is 32.1. The molecular formula is C48H57N15O6S2. The third-order valence-electron chi connectivity index (χ3n) is 12.8. The van der Waals surface area contributed by atoms with Gasteiger partial charge < -0.3 is 44.9 Å². The Morgan fingerprint density at radius 2 is 1.32 bits per heavy atom. The molecule has 0 saturated carbocycles. The van der Waals surface area contributed by atoms with Crippen molar-refractivity contribution in [3.63, 3.8) is 0 Å². The molecule has 0 spiro atoms. The number of hydrogen-bond acceptors (Lipinski definition) is 16. The van der Waals surface area contributed by atoms with Crippen LogP contribution < -0.4 is 36.9 Å². The molecule has 23 heteroatoms. The van der Waals surface area contributed by atoms with E-state index in [9.17, 15) is 19.2 Å². The van der Waals surface area contributed by atoms with Crippen molar-refractivity contribution in [1.82, 2.24) is 54.1 Å². The van der Waals surface area contributed by atoms with E-state index in [0.29, 0.717) is 86.5 Å². The molecule has 372 valence electrons. The van der Waals surface area contributed by atoms with E-state index in [2.05, 4.69) is 45.6 Å². The van der Waals surface area contributed by atoms with Gasteiger partial charge in [0.2, 0.25) is 23.7 Å². The molecule has 2 aromatic carbocycles. The lowest BCUT2D eigenvalue weighted by molar-refractivity contribution is 0.0991. The average molecular weight is 1000 g/mol. The molecule has 4 amide bonds. The van der Waals surface area contributed by atoms with Crippen LogP contribution in [0, 0.1) is 13.8 Å². The van der Waals surface area contributed by atoms with Crippen LogP contribution in [0.15, 0.2) is 36.4 Å². The predicted molar refractivity (Wildman–Crippen MR) is 271 cm³/mol. The molecule has 7 heterocycles. The van der Waals surface area contributed by atoms with E-state index in [0.717, 1.165) is 73.8 Å². The molecule has 7 aromatic rings. The largest absolute Gasteiger partial charge is 0.494 e. The Hall–Kier alpha value is -7.08. The van der Waals surface area contributed by atoms with Crippen LogP contribution >= 0.6 is 22.7 Å². The maximum absolute atomic E-state index is 14.0. The first-order chi connectivity index (χ1) is 34.3. The van der Waals surface area contributed by atoms with E-state index in [1.807, 2.05) is 44.4 Å². The number of aromatic nitrogens is 9. The number of nitrogens with one attached hydrogen (secondary N) is 3. The van der Waals surface area contributed by atoms with E-state index in [1.165, 1.54) is 35.8 Å². The van der Waals surface area contributed by atoms with E-state index < -0.39 is 11.8 Å². The number of aryl methyl sites for hydroxylation is 4. The minimum Gasteiger partial charge on any atom is -0.494 e. The molecule has 5 aromatic heterocycles. The van der Waals surface area contributed by atoms with Crippen molar-refractivity contribution >= 4 is 80.3 Å². The SMILES string of the molecule is CCc1nc(C)sc1C(=O)Nc1nc2cc(C(N)=O)cc(OC)c2n1C/C=C/Cn1c(NC(=O)c2sc(C)nc2CC)nc2cc(C(N)=O)cc(OCCCN3CCC(c4nnc5n4CCNC5)CC3)c21. The number of ether oxygens (including phenoxy) is 2. The van der Waals surface area contributed by atoms with Gasteiger partial charge in [-0.3, -0.25) is 29.8 Å². The zero-order valence-electron chi connectivity index (χ0n) is 40.3. The number of likely N-dealkylation sites (tertiary alicyclic amines) is 1. The van der Waals surface area contributed by atoms with Crippen molar-refractivity contribution in [3.05, 3.63) is 90.4 Å². The molecule has 0 aliphatic carbocycles. The van der Waals surface area contributed by atoms with E-state index in [-0.39, 0.29) is 47.9 Å². The highest BCUT2D eigenvalue weighted by Gasteiger charge is 2.28. The second-order valence-electron chi connectivity index (χ2n) is 17.4. The Labute approximate surface area is 417 Å². The number of rotatable bonds is 19. The quantitative estimate of drug-likeness (QED) is 0.0505. The molecule has 9 rings (SSSR count). The minimum atomic E-state index is -0.660. The van der Waals surface area contributed by atoms with Crippen molar-refractivity contribution in [1.29, 1.82) is 0 Å². The Kier molecular flexibility index (Phi) is 14.5. The fraction of sp³-hybridized carbons (Fsp3) is 0.417. The van der Waals surface area contributed by atoms with Crippen molar-refractivity contribution in [2.45, 2.75) is 91.9 Å². The summed E-state index contributed by atoms with van der Waals surface area (Å²) in [5.41, 5.74) is 15.1. The van der Waals surface area contributed by atoms with Crippen LogP contribution in [-0.2, 0) is 39.0 Å². The molecular weight excluding hydrogens is 947 g/mol. The molecule has 21 nitrogen and oxygen atoms in total. The number of anilines is 2. The lowest BCUT2D eigenvalue weighted by atomic mass is 9.95. The molecule has 2 aliphatic heterocycles. The first-order valence-electron chi connectivity index (χ1n) is 23.7. The summed E-state index contributed by atoms with van der Waals surface area (Å²) >= 11 is 2.60. The number of thiazole rings is 2. The summed E-state index contributed by atoms with van der Waals surface area (Å²) in [5, 5.41) is 19.9. The summed E-state index contributed by atoms with van der Waals surface area (Å²) in [6.07, 6.45) is 7.61. The molecule has 2 aliphatic rings. The van der Waals surface area contributed by atoms with Gasteiger partial charge in [-0.2, -0.15) is 0 Å². The number of imidazole rings is 2. The number of nitrogens with zero attached hydrogens (tertiary/aromatic N) is 10. The van der Waals surface area contributed by atoms with E-state index in [1.54, 1.807) is 22.8 Å². The molecule has 0 unspecified atom stereocenters. The van der Waals surface area contributed by atoms with Gasteiger partial charge in [0, 0.05) is 49.8 Å². The number of fused-ring (bicyclic) bond motifs is 3. The van der Waals surface area contributed by atoms with Crippen molar-refractivity contribution in [3.8, 4) is 11.5 Å². The second kappa shape index (κ2) is 21.1. The van der Waals surface area contributed by atoms with Gasteiger partial charge in [-0.25, -0.2) is 19.9 Å². The maximum atomic E-state index is 14.0. The summed E-state index contributed by atoms with van der Waals surface area (Å²) in [6, 6.07) is 6.30. The van der Waals surface area contributed by atoms with Crippen molar-refractivity contribution in [2.75, 3.05) is 50.5 Å². The Morgan fingerprint density at radius 3 is 1.86 bits per heavy atom. The predicted octanol–water partition coefficient (Wildman–Crippen LogP) is 5.35. The smallest absolute Gasteiger partial charge is 0.269 e. The maximum Gasteiger partial charge on any atom is 0.269 e. The standard InChI is InChI=1S/C48H57N15O6S2/c1-6-31-40(70-26(3)52-31)45(66)56-47-54-33-21-29(42(49)64)23-35(68-5)38(33)62(47)15-8-9-16-63-39-34(55-48(63)57-46(67)41-32(7-2)53-27(4)71-41)22-30(43(50)65)24-36(39)69-20-10-14-60-17-11-28(12-18-60)44-59-58-37-25-51-13-19-61(37)44/h8-9,21-24,28,51H,6-7,10-20,25H2,1-5H3,(H2,49,64)(H2,50,65)(H,54,56,66)(H,55,57,67)/b9-8+. The molecule has 0 atom stereocenters. The van der Waals surface area contributed by atoms with E-state index in [4.69, 9.17) is 30.9 Å². The minimum absolute atomic E-state index is 0.179. The number of allylic oxidation sites excluding steroid dienone is 2. The van der Waals surface area contributed by atoms with Gasteiger partial charge in [0.25, 0.3) is 11.8 Å². The van der Waals surface area contributed by atoms with Gasteiger partial charge in [-0.05, 0) is 83.3 Å². The Bertz CT molecular complexity index is 3190. The van der Waals surface area contributed by atoms with Gasteiger partial charge in [0.1, 0.15) is 43.9 Å². The van der Waals surface area contributed by atoms with Crippen LogP contribution in [0.2, 0.25) is 0 Å². The monoisotopic (exact) mass is 1000 g/mol. The third kappa shape index (κ3) is 10.3. The number of carbonyl (C=O) groups excluding carboxylic acids is 4. The van der Waals surface area contributed by atoms with Crippen molar-refractivity contribution in [2.24, 2.45) is 11.5 Å². The number of benzene rings is 2. The van der Waals surface area contributed by atoms with Crippen LogP contribution in [0.1, 0.15) is 112 Å². The van der Waals surface area contributed by atoms with Gasteiger partial charge in [0.15, 0.2) is 0 Å². The highest BCUT2D eigenvalue weighted by molar-refractivity contribution is 7.14. The summed E-state index contributed by atoms with van der Waals surface area (Å²) in [5.74, 6) is 1.56. The Morgan fingerprint density at radius 1 is 0.775 bits per heavy atom. The number of amides is 4. The van der Waals surface area contributed by atoms with E-state index >= 15 is 0 Å². The van der Waals surface area contributed by atoms with Crippen LogP contribution in [0.5, 0.6) is 11.5 Å². The zero-order valence-corrected chi connectivity index (χ0v) is 42.0. The lowest BCUT2D eigenvalue weighted by Gasteiger charge is -2.32. The summed E-state index contributed by atoms with van der Waals surface area (Å²) in [6.45, 7) is 13.5. The first-order valence-corrected chi connectivity index (χ1v) is 25.4. The van der Waals surface area contributed by atoms with Gasteiger partial charge in [-0.1, -0.05) is 26.0 Å². The van der Waals surface area contributed by atoms with Crippen molar-refractivity contribution < 1.29 is 28.7 Å². The third-order valence-corrected chi connectivity index (χ3v) is 14.8. The first kappa shape index (κ1) is 48.9. The molecule has 7 N–H and O–H groups in total. The molecule has 0 bridgehead atoms. The number of carbonyl (C=O) groups is 4. The normalized spacial score (nSPS) is 14.4. The number of piperidine rings is 1. The number of primary amides is 2. The average Bonchev–Trinajstić information content (AvgIpc) is 4.20. The van der Waals surface area contributed by atoms with Crippen LogP contribution in [0.4, 0.5) is 11.9 Å². The van der Waals surface area contributed by atoms with Crippen LogP contribution in [0.3, 0.4) is 0 Å². The fourth-order valence-electron chi connectivity index (χ4n) is 9.31. The number of nitrogens with two attached hydrogens (primary N) is 2. The van der Waals surface area contributed by atoms with Gasteiger partial charge in [-0.15, -0.1) is 32.9 Å². The fourth-order valence-corrected chi connectivity index (χ4v) is 11.1. The van der Waals surface area contributed by atoms with Gasteiger partial charge in [0.05, 0.1) is 52.7 Å². The van der Waals surface area contributed by atoms with Crippen LogP contribution in [0.25, 0.3) is 22.1 Å². The van der Waals surface area contributed by atoms with Gasteiger partial charge >= 0.3 is 0 Å². The molecule has 71 heavy (non-hydrogen) atoms. The topological polar surface area (TPSA) is 270 Å². The Balaban J connectivity index is 0.995. The summed E-state index contributed by atoms with van der Waals surface area (Å²) in [7, 11) is 1.48. The molecule has 1 fully saturated rings. The summed E-state index contributed by atoms with van der Waals surface area (Å²) < 4.78 is 18.1. The summed E-state index contributed by atoms with van der Waals surface area (Å²) in [4.78, 5) is 74.9. The number of methoxy groups -OCH3 is 1. The zero-order chi connectivity index (χ0) is 49.9.